The first-order valence-electron chi connectivity index (χ1n) is 6.55. The van der Waals surface area contributed by atoms with Gasteiger partial charge in [0, 0.05) is 12.5 Å². The van der Waals surface area contributed by atoms with Crippen LogP contribution in [0, 0.1) is 12.8 Å². The first kappa shape index (κ1) is 11.6. The zero-order chi connectivity index (χ0) is 12.5. The number of carbonyl (C=O) groups excluding carboxylic acids is 1. The maximum atomic E-state index is 11.9. The van der Waals surface area contributed by atoms with Crippen molar-refractivity contribution in [2.45, 2.75) is 38.1 Å². The number of nitrogens with zero attached hydrogens (tertiary/aromatic N) is 2. The van der Waals surface area contributed by atoms with Crippen molar-refractivity contribution in [3.63, 3.8) is 0 Å². The molecule has 18 heavy (non-hydrogen) atoms. The van der Waals surface area contributed by atoms with E-state index in [1.165, 1.54) is 0 Å². The summed E-state index contributed by atoms with van der Waals surface area (Å²) < 4.78 is 5.25. The van der Waals surface area contributed by atoms with Gasteiger partial charge in [-0.2, -0.15) is 4.98 Å². The molecule has 0 aromatic carbocycles. The van der Waals surface area contributed by atoms with Crippen molar-refractivity contribution in [1.29, 1.82) is 0 Å². The van der Waals surface area contributed by atoms with Gasteiger partial charge in [-0.05, 0) is 32.7 Å². The number of carbonyl (C=O) groups is 1. The Bertz CT molecular complexity index is 441. The van der Waals surface area contributed by atoms with Crippen LogP contribution in [0.15, 0.2) is 4.52 Å². The van der Waals surface area contributed by atoms with E-state index >= 15 is 0 Å². The Morgan fingerprint density at radius 3 is 2.94 bits per heavy atom. The van der Waals surface area contributed by atoms with Crippen molar-refractivity contribution in [2.24, 2.45) is 5.92 Å². The summed E-state index contributed by atoms with van der Waals surface area (Å²) in [6, 6.07) is 0.0618. The van der Waals surface area contributed by atoms with Crippen LogP contribution in [0.4, 0.5) is 0 Å². The molecule has 0 radical (unpaired) electrons. The van der Waals surface area contributed by atoms with E-state index in [0.717, 1.165) is 32.4 Å². The molecule has 2 aliphatic rings. The molecule has 2 atom stereocenters. The lowest BCUT2D eigenvalue weighted by molar-refractivity contribution is -0.123. The summed E-state index contributed by atoms with van der Waals surface area (Å²) in [7, 11) is 0. The maximum Gasteiger partial charge on any atom is 0.231 e. The fourth-order valence-corrected chi connectivity index (χ4v) is 2.42. The van der Waals surface area contributed by atoms with Crippen LogP contribution >= 0.6 is 0 Å². The predicted molar refractivity (Wildman–Crippen MR) is 63.9 cm³/mol. The van der Waals surface area contributed by atoms with Crippen LogP contribution in [0.5, 0.6) is 0 Å². The molecule has 1 saturated heterocycles. The van der Waals surface area contributed by atoms with Gasteiger partial charge in [0.1, 0.15) is 0 Å². The number of aromatic nitrogens is 2. The second-order valence-corrected chi connectivity index (χ2v) is 5.17. The summed E-state index contributed by atoms with van der Waals surface area (Å²) in [6.45, 7) is 3.50. The molecule has 1 saturated carbocycles. The molecular weight excluding hydrogens is 232 g/mol. The zero-order valence-electron chi connectivity index (χ0n) is 10.5. The summed E-state index contributed by atoms with van der Waals surface area (Å²) >= 11 is 0. The van der Waals surface area contributed by atoms with Crippen LogP contribution in [0.25, 0.3) is 0 Å². The highest BCUT2D eigenvalue weighted by atomic mass is 16.5. The van der Waals surface area contributed by atoms with Gasteiger partial charge in [-0.25, -0.2) is 0 Å². The van der Waals surface area contributed by atoms with Gasteiger partial charge in [0.2, 0.25) is 11.8 Å². The Hall–Kier alpha value is -1.43. The second kappa shape index (κ2) is 4.68. The summed E-state index contributed by atoms with van der Waals surface area (Å²) in [5, 5.41) is 10.2. The van der Waals surface area contributed by atoms with Crippen molar-refractivity contribution < 1.29 is 9.32 Å². The van der Waals surface area contributed by atoms with Gasteiger partial charge < -0.3 is 15.2 Å². The highest BCUT2D eigenvalue weighted by Gasteiger charge is 2.36. The van der Waals surface area contributed by atoms with E-state index in [4.69, 9.17) is 4.52 Å². The number of rotatable bonds is 3. The first-order chi connectivity index (χ1) is 8.74. The van der Waals surface area contributed by atoms with Crippen molar-refractivity contribution >= 4 is 5.91 Å². The van der Waals surface area contributed by atoms with Crippen LogP contribution in [-0.2, 0) is 4.79 Å². The molecule has 98 valence electrons. The Morgan fingerprint density at radius 1 is 1.44 bits per heavy atom. The summed E-state index contributed by atoms with van der Waals surface area (Å²) in [5.74, 6) is 1.84. The Kier molecular flexibility index (Phi) is 3.03. The van der Waals surface area contributed by atoms with Crippen LogP contribution in [-0.4, -0.2) is 35.2 Å². The van der Waals surface area contributed by atoms with Gasteiger partial charge in [0.05, 0.1) is 12.0 Å². The van der Waals surface area contributed by atoms with Crippen LogP contribution in [0.1, 0.15) is 36.9 Å². The number of piperidine rings is 1. The molecule has 6 heteroatoms. The van der Waals surface area contributed by atoms with Crippen molar-refractivity contribution in [3.05, 3.63) is 11.7 Å². The van der Waals surface area contributed by atoms with Gasteiger partial charge in [-0.15, -0.1) is 0 Å². The number of amides is 1. The number of aryl methyl sites for hydroxylation is 1. The molecule has 1 aliphatic carbocycles. The van der Waals surface area contributed by atoms with Crippen molar-refractivity contribution in [3.8, 4) is 0 Å². The minimum atomic E-state index is 0.0618. The average molecular weight is 250 g/mol. The van der Waals surface area contributed by atoms with E-state index < -0.39 is 0 Å². The van der Waals surface area contributed by atoms with E-state index in [2.05, 4.69) is 20.8 Å². The lowest BCUT2D eigenvalue weighted by Crippen LogP contribution is -2.50. The first-order valence-corrected chi connectivity index (χ1v) is 6.55. The van der Waals surface area contributed by atoms with Gasteiger partial charge in [0.15, 0.2) is 5.82 Å². The number of nitrogens with one attached hydrogen (secondary N) is 2. The quantitative estimate of drug-likeness (QED) is 0.809. The second-order valence-electron chi connectivity index (χ2n) is 5.17. The lowest BCUT2D eigenvalue weighted by Gasteiger charge is -2.30. The molecule has 1 amide bonds. The van der Waals surface area contributed by atoms with Gasteiger partial charge in [-0.3, -0.25) is 4.79 Å². The Morgan fingerprint density at radius 2 is 2.28 bits per heavy atom. The molecule has 0 spiro atoms. The summed E-state index contributed by atoms with van der Waals surface area (Å²) in [4.78, 5) is 16.1. The normalized spacial score (nSPS) is 28.1. The molecule has 2 heterocycles. The molecule has 0 bridgehead atoms. The number of hydrogen-bond donors (Lipinski definition) is 2. The minimum absolute atomic E-state index is 0.0618. The Balaban J connectivity index is 1.71. The molecule has 6 nitrogen and oxygen atoms in total. The Labute approximate surface area is 106 Å². The van der Waals surface area contributed by atoms with Crippen molar-refractivity contribution in [2.75, 3.05) is 13.1 Å². The van der Waals surface area contributed by atoms with Crippen molar-refractivity contribution in [1.82, 2.24) is 20.8 Å². The molecule has 1 aliphatic heterocycles. The van der Waals surface area contributed by atoms with E-state index in [-0.39, 0.29) is 23.8 Å². The third-order valence-electron chi connectivity index (χ3n) is 3.62. The molecule has 2 N–H and O–H groups in total. The van der Waals surface area contributed by atoms with Crippen LogP contribution < -0.4 is 10.6 Å². The highest BCUT2D eigenvalue weighted by Crippen LogP contribution is 2.30. The summed E-state index contributed by atoms with van der Waals surface area (Å²) in [6.07, 6.45) is 2.96. The molecule has 1 aromatic rings. The summed E-state index contributed by atoms with van der Waals surface area (Å²) in [5.41, 5.74) is 0. The topological polar surface area (TPSA) is 80.0 Å². The van der Waals surface area contributed by atoms with Gasteiger partial charge in [-0.1, -0.05) is 5.16 Å². The van der Waals surface area contributed by atoms with E-state index in [1.807, 2.05) is 6.92 Å². The monoisotopic (exact) mass is 250 g/mol. The van der Waals surface area contributed by atoms with E-state index in [1.54, 1.807) is 0 Å². The molecular formula is C12H18N4O2. The fraction of sp³-hybridized carbons (Fsp3) is 0.750. The van der Waals surface area contributed by atoms with Gasteiger partial charge in [0.25, 0.3) is 0 Å². The third-order valence-corrected chi connectivity index (χ3v) is 3.62. The fourth-order valence-electron chi connectivity index (χ4n) is 2.42. The lowest BCUT2D eigenvalue weighted by atomic mass is 9.92. The zero-order valence-corrected chi connectivity index (χ0v) is 10.5. The standard InChI is InChI=1S/C12H18N4O2/c1-7-14-12(18-16-7)9-4-5-13-6-10(9)15-11(17)8-2-3-8/h8-10,13H,2-6H2,1H3,(H,15,17)/t9-,10+/m0/s1. The third kappa shape index (κ3) is 2.38. The smallest absolute Gasteiger partial charge is 0.231 e. The average Bonchev–Trinajstić information content (AvgIpc) is 3.13. The molecule has 0 unspecified atom stereocenters. The van der Waals surface area contributed by atoms with E-state index in [0.29, 0.717) is 11.7 Å². The van der Waals surface area contributed by atoms with Crippen LogP contribution in [0.3, 0.4) is 0 Å². The van der Waals surface area contributed by atoms with E-state index in [9.17, 15) is 4.79 Å². The largest absolute Gasteiger partial charge is 0.351 e. The highest BCUT2D eigenvalue weighted by molar-refractivity contribution is 5.81. The maximum absolute atomic E-state index is 11.9. The molecule has 2 fully saturated rings. The SMILES string of the molecule is Cc1noc([C@H]2CCNC[C@H]2NC(=O)C2CC2)n1. The molecule has 3 rings (SSSR count). The minimum Gasteiger partial charge on any atom is -0.351 e. The molecule has 1 aromatic heterocycles. The van der Waals surface area contributed by atoms with Crippen LogP contribution in [0.2, 0.25) is 0 Å². The van der Waals surface area contributed by atoms with Gasteiger partial charge >= 0.3 is 0 Å². The number of hydrogen-bond acceptors (Lipinski definition) is 5. The predicted octanol–water partition coefficient (Wildman–Crippen LogP) is 0.350.